The molecule has 6 heteroatoms. The average molecular weight is 257 g/mol. The number of benzene rings is 1. The fourth-order valence-electron chi connectivity index (χ4n) is 1.16. The van der Waals surface area contributed by atoms with E-state index in [-0.39, 0.29) is 23.8 Å². The number of halogens is 1. The van der Waals surface area contributed by atoms with E-state index < -0.39 is 5.97 Å². The Labute approximate surface area is 104 Å². The first-order valence-corrected chi connectivity index (χ1v) is 5.41. The second-order valence-electron chi connectivity index (χ2n) is 3.26. The number of anilines is 1. The van der Waals surface area contributed by atoms with Gasteiger partial charge in [0.2, 0.25) is 0 Å². The van der Waals surface area contributed by atoms with Gasteiger partial charge in [0.25, 0.3) is 5.91 Å². The van der Waals surface area contributed by atoms with Gasteiger partial charge in [-0.05, 0) is 25.1 Å². The van der Waals surface area contributed by atoms with Crippen molar-refractivity contribution in [3.05, 3.63) is 28.8 Å². The molecule has 92 valence electrons. The van der Waals surface area contributed by atoms with Crippen LogP contribution in [0.3, 0.4) is 0 Å². The molecular weight excluding hydrogens is 244 g/mol. The molecule has 1 amide bonds. The van der Waals surface area contributed by atoms with Crippen LogP contribution in [-0.2, 0) is 9.53 Å². The highest BCUT2D eigenvalue weighted by Gasteiger charge is 2.13. The van der Waals surface area contributed by atoms with Crippen LogP contribution in [0.1, 0.15) is 17.3 Å². The molecular formula is C11H13ClN2O3. The predicted molar refractivity (Wildman–Crippen MR) is 64.8 cm³/mol. The highest BCUT2D eigenvalue weighted by Crippen LogP contribution is 2.18. The summed E-state index contributed by atoms with van der Waals surface area (Å²) >= 11 is 5.73. The summed E-state index contributed by atoms with van der Waals surface area (Å²) in [5.41, 5.74) is 6.01. The summed E-state index contributed by atoms with van der Waals surface area (Å²) in [6.07, 6.45) is 0. The van der Waals surface area contributed by atoms with Crippen LogP contribution in [0.25, 0.3) is 0 Å². The molecule has 5 nitrogen and oxygen atoms in total. The molecule has 1 aromatic rings. The highest BCUT2D eigenvalue weighted by atomic mass is 35.5. The van der Waals surface area contributed by atoms with Gasteiger partial charge in [0.15, 0.2) is 6.61 Å². The molecule has 17 heavy (non-hydrogen) atoms. The van der Waals surface area contributed by atoms with Crippen LogP contribution in [-0.4, -0.2) is 25.0 Å². The zero-order valence-electron chi connectivity index (χ0n) is 9.33. The van der Waals surface area contributed by atoms with Crippen LogP contribution in [0.5, 0.6) is 0 Å². The monoisotopic (exact) mass is 256 g/mol. The number of ether oxygens (including phenoxy) is 1. The summed E-state index contributed by atoms with van der Waals surface area (Å²) in [7, 11) is 0. The van der Waals surface area contributed by atoms with Crippen LogP contribution in [0.4, 0.5) is 5.69 Å². The minimum Gasteiger partial charge on any atom is -0.452 e. The Kier molecular flexibility index (Phi) is 4.78. The topological polar surface area (TPSA) is 81.4 Å². The van der Waals surface area contributed by atoms with Gasteiger partial charge in [0, 0.05) is 17.3 Å². The molecule has 3 N–H and O–H groups in total. The fourth-order valence-corrected chi connectivity index (χ4v) is 1.33. The Hall–Kier alpha value is -1.75. The van der Waals surface area contributed by atoms with E-state index in [1.807, 2.05) is 0 Å². The molecule has 1 aromatic carbocycles. The van der Waals surface area contributed by atoms with Crippen LogP contribution in [0, 0.1) is 0 Å². The SMILES string of the molecule is CCNC(=O)COC(=O)c1cc(Cl)ccc1N. The number of rotatable bonds is 4. The molecule has 0 aliphatic carbocycles. The van der Waals surface area contributed by atoms with Crippen molar-refractivity contribution >= 4 is 29.2 Å². The summed E-state index contributed by atoms with van der Waals surface area (Å²) in [5.74, 6) is -1.03. The van der Waals surface area contributed by atoms with E-state index in [9.17, 15) is 9.59 Å². The van der Waals surface area contributed by atoms with E-state index in [1.165, 1.54) is 12.1 Å². The van der Waals surface area contributed by atoms with Gasteiger partial charge in [-0.25, -0.2) is 4.79 Å². The van der Waals surface area contributed by atoms with Gasteiger partial charge < -0.3 is 15.8 Å². The lowest BCUT2D eigenvalue weighted by Gasteiger charge is -2.07. The number of amides is 1. The number of carbonyl (C=O) groups is 2. The Morgan fingerprint density at radius 1 is 1.47 bits per heavy atom. The van der Waals surface area contributed by atoms with Gasteiger partial charge in [-0.3, -0.25) is 4.79 Å². The third-order valence-corrected chi connectivity index (χ3v) is 2.18. The van der Waals surface area contributed by atoms with E-state index in [1.54, 1.807) is 13.0 Å². The van der Waals surface area contributed by atoms with E-state index >= 15 is 0 Å². The molecule has 0 unspecified atom stereocenters. The number of hydrogen-bond donors (Lipinski definition) is 2. The molecule has 0 fully saturated rings. The Morgan fingerprint density at radius 3 is 2.82 bits per heavy atom. The van der Waals surface area contributed by atoms with Crippen molar-refractivity contribution < 1.29 is 14.3 Å². The first-order valence-electron chi connectivity index (χ1n) is 5.03. The summed E-state index contributed by atoms with van der Waals surface area (Å²) in [5, 5.41) is 2.88. The van der Waals surface area contributed by atoms with Gasteiger partial charge >= 0.3 is 5.97 Å². The van der Waals surface area contributed by atoms with Crippen molar-refractivity contribution in [2.75, 3.05) is 18.9 Å². The first kappa shape index (κ1) is 13.3. The molecule has 0 aliphatic heterocycles. The molecule has 0 spiro atoms. The van der Waals surface area contributed by atoms with Crippen molar-refractivity contribution in [2.24, 2.45) is 0 Å². The third kappa shape index (κ3) is 3.96. The highest BCUT2D eigenvalue weighted by molar-refractivity contribution is 6.31. The first-order chi connectivity index (χ1) is 8.04. The molecule has 0 saturated heterocycles. The van der Waals surface area contributed by atoms with Gasteiger partial charge in [-0.1, -0.05) is 11.6 Å². The van der Waals surface area contributed by atoms with Gasteiger partial charge in [0.1, 0.15) is 0 Å². The maximum absolute atomic E-state index is 11.6. The lowest BCUT2D eigenvalue weighted by Crippen LogP contribution is -2.28. The number of nitrogens with two attached hydrogens (primary N) is 1. The summed E-state index contributed by atoms with van der Waals surface area (Å²) in [6, 6.07) is 4.47. The summed E-state index contributed by atoms with van der Waals surface area (Å²) in [4.78, 5) is 22.7. The second-order valence-corrected chi connectivity index (χ2v) is 3.70. The van der Waals surface area contributed by atoms with E-state index in [0.29, 0.717) is 11.6 Å². The van der Waals surface area contributed by atoms with E-state index in [0.717, 1.165) is 0 Å². The molecule has 0 atom stereocenters. The van der Waals surface area contributed by atoms with Crippen LogP contribution in [0.15, 0.2) is 18.2 Å². The quantitative estimate of drug-likeness (QED) is 0.627. The van der Waals surface area contributed by atoms with Crippen molar-refractivity contribution in [1.82, 2.24) is 5.32 Å². The Balaban J connectivity index is 2.64. The van der Waals surface area contributed by atoms with Crippen LogP contribution < -0.4 is 11.1 Å². The molecule has 0 radical (unpaired) electrons. The lowest BCUT2D eigenvalue weighted by molar-refractivity contribution is -0.124. The predicted octanol–water partition coefficient (Wildman–Crippen LogP) is 1.22. The Morgan fingerprint density at radius 2 is 2.18 bits per heavy atom. The minimum absolute atomic E-state index is 0.154. The number of hydrogen-bond acceptors (Lipinski definition) is 4. The summed E-state index contributed by atoms with van der Waals surface area (Å²) < 4.78 is 4.79. The van der Waals surface area contributed by atoms with Crippen LogP contribution in [0.2, 0.25) is 5.02 Å². The molecule has 0 bridgehead atoms. The standard InChI is InChI=1S/C11H13ClN2O3/c1-2-14-10(15)6-17-11(16)8-5-7(12)3-4-9(8)13/h3-5H,2,6,13H2,1H3,(H,14,15). The number of nitrogen functional groups attached to an aromatic ring is 1. The minimum atomic E-state index is -0.670. The molecule has 0 heterocycles. The molecule has 0 aliphatic rings. The number of nitrogens with one attached hydrogen (secondary N) is 1. The number of esters is 1. The smallest absolute Gasteiger partial charge is 0.340 e. The van der Waals surface area contributed by atoms with Gasteiger partial charge in [0.05, 0.1) is 5.56 Å². The van der Waals surface area contributed by atoms with Crippen molar-refractivity contribution in [3.8, 4) is 0 Å². The van der Waals surface area contributed by atoms with Crippen molar-refractivity contribution in [1.29, 1.82) is 0 Å². The lowest BCUT2D eigenvalue weighted by atomic mass is 10.2. The molecule has 0 saturated carbocycles. The van der Waals surface area contributed by atoms with E-state index in [4.69, 9.17) is 22.1 Å². The fraction of sp³-hybridized carbons (Fsp3) is 0.273. The largest absolute Gasteiger partial charge is 0.452 e. The van der Waals surface area contributed by atoms with Gasteiger partial charge in [-0.2, -0.15) is 0 Å². The van der Waals surface area contributed by atoms with Crippen molar-refractivity contribution in [3.63, 3.8) is 0 Å². The average Bonchev–Trinajstić information content (AvgIpc) is 2.29. The maximum atomic E-state index is 11.6. The Bertz CT molecular complexity index is 435. The van der Waals surface area contributed by atoms with Crippen molar-refractivity contribution in [2.45, 2.75) is 6.92 Å². The maximum Gasteiger partial charge on any atom is 0.340 e. The third-order valence-electron chi connectivity index (χ3n) is 1.94. The number of carbonyl (C=O) groups excluding carboxylic acids is 2. The zero-order valence-corrected chi connectivity index (χ0v) is 10.1. The van der Waals surface area contributed by atoms with Gasteiger partial charge in [-0.15, -0.1) is 0 Å². The summed E-state index contributed by atoms with van der Waals surface area (Å²) in [6.45, 7) is 1.92. The number of likely N-dealkylation sites (N-methyl/N-ethyl adjacent to an activating group) is 1. The molecule has 1 rings (SSSR count). The zero-order chi connectivity index (χ0) is 12.8. The van der Waals surface area contributed by atoms with E-state index in [2.05, 4.69) is 5.32 Å². The normalized spacial score (nSPS) is 9.76. The molecule has 0 aromatic heterocycles. The van der Waals surface area contributed by atoms with Crippen LogP contribution >= 0.6 is 11.6 Å². The second kappa shape index (κ2) is 6.10.